The van der Waals surface area contributed by atoms with Crippen LogP contribution in [0.3, 0.4) is 0 Å². The summed E-state index contributed by atoms with van der Waals surface area (Å²) in [5, 5.41) is 5.30. The highest BCUT2D eigenvalue weighted by Crippen LogP contribution is 2.17. The number of amides is 2. The van der Waals surface area contributed by atoms with E-state index in [1.165, 1.54) is 0 Å². The summed E-state index contributed by atoms with van der Waals surface area (Å²) in [6.45, 7) is 1.67. The van der Waals surface area contributed by atoms with Crippen molar-refractivity contribution >= 4 is 23.5 Å². The molecule has 0 saturated carbocycles. The van der Waals surface area contributed by atoms with Gasteiger partial charge >= 0.3 is 5.97 Å². The summed E-state index contributed by atoms with van der Waals surface area (Å²) in [7, 11) is 0. The van der Waals surface area contributed by atoms with E-state index < -0.39 is 5.97 Å². The van der Waals surface area contributed by atoms with Crippen LogP contribution in [-0.4, -0.2) is 24.3 Å². The Kier molecular flexibility index (Phi) is 6.37. The van der Waals surface area contributed by atoms with Crippen LogP contribution in [0.5, 0.6) is 5.75 Å². The second kappa shape index (κ2) is 9.32. The van der Waals surface area contributed by atoms with Gasteiger partial charge in [0.2, 0.25) is 0 Å². The average molecular weight is 388 g/mol. The van der Waals surface area contributed by atoms with Gasteiger partial charge in [0, 0.05) is 16.8 Å². The highest BCUT2D eigenvalue weighted by molar-refractivity contribution is 6.04. The molecule has 6 heteroatoms. The van der Waals surface area contributed by atoms with E-state index in [4.69, 9.17) is 4.74 Å². The van der Waals surface area contributed by atoms with Gasteiger partial charge in [0.25, 0.3) is 11.8 Å². The molecule has 0 bridgehead atoms. The molecule has 0 aliphatic carbocycles. The van der Waals surface area contributed by atoms with Crippen LogP contribution >= 0.6 is 0 Å². The summed E-state index contributed by atoms with van der Waals surface area (Å²) in [5.74, 6) is -0.845. The number of hydrogen-bond donors (Lipinski definition) is 2. The lowest BCUT2D eigenvalue weighted by Crippen LogP contribution is -2.31. The third kappa shape index (κ3) is 5.77. The second-order valence-corrected chi connectivity index (χ2v) is 6.37. The molecule has 3 rings (SSSR count). The zero-order valence-corrected chi connectivity index (χ0v) is 15.8. The van der Waals surface area contributed by atoms with E-state index >= 15 is 0 Å². The first kappa shape index (κ1) is 19.8. The van der Waals surface area contributed by atoms with Crippen LogP contribution in [-0.2, 0) is 4.79 Å². The molecule has 0 atom stereocenters. The number of hydrogen-bond acceptors (Lipinski definition) is 4. The van der Waals surface area contributed by atoms with Gasteiger partial charge in [-0.2, -0.15) is 0 Å². The molecule has 0 fully saturated rings. The number of carbonyl (C=O) groups is 3. The second-order valence-electron chi connectivity index (χ2n) is 6.37. The number of esters is 1. The molecule has 3 aromatic carbocycles. The minimum atomic E-state index is -0.592. The highest BCUT2D eigenvalue weighted by atomic mass is 16.5. The van der Waals surface area contributed by atoms with Gasteiger partial charge in [-0.05, 0) is 55.5 Å². The van der Waals surface area contributed by atoms with Crippen LogP contribution < -0.4 is 15.4 Å². The molecular weight excluding hydrogens is 368 g/mol. The maximum atomic E-state index is 12.3. The van der Waals surface area contributed by atoms with Crippen molar-refractivity contribution in [2.24, 2.45) is 0 Å². The van der Waals surface area contributed by atoms with Crippen LogP contribution in [0.1, 0.15) is 26.3 Å². The fourth-order valence-electron chi connectivity index (χ4n) is 2.61. The van der Waals surface area contributed by atoms with Crippen molar-refractivity contribution in [3.63, 3.8) is 0 Å². The molecule has 0 spiro atoms. The van der Waals surface area contributed by atoms with Crippen LogP contribution in [0.25, 0.3) is 0 Å². The summed E-state index contributed by atoms with van der Waals surface area (Å²) in [6, 6.07) is 22.3. The van der Waals surface area contributed by atoms with Crippen molar-refractivity contribution in [1.82, 2.24) is 5.32 Å². The molecule has 0 unspecified atom stereocenters. The number of carbonyl (C=O) groups excluding carboxylic acids is 3. The van der Waals surface area contributed by atoms with Gasteiger partial charge in [0.05, 0.1) is 0 Å². The fourth-order valence-corrected chi connectivity index (χ4v) is 2.61. The third-order valence-corrected chi connectivity index (χ3v) is 4.05. The topological polar surface area (TPSA) is 84.5 Å². The molecule has 6 nitrogen and oxygen atoms in total. The summed E-state index contributed by atoms with van der Waals surface area (Å²) in [6.07, 6.45) is 0. The first-order chi connectivity index (χ1) is 14.0. The van der Waals surface area contributed by atoms with E-state index in [1.54, 1.807) is 66.7 Å². The molecule has 0 saturated heterocycles. The largest absolute Gasteiger partial charge is 0.425 e. The number of rotatable bonds is 6. The van der Waals surface area contributed by atoms with E-state index in [0.717, 1.165) is 5.56 Å². The van der Waals surface area contributed by atoms with Crippen LogP contribution in [0, 0.1) is 6.92 Å². The molecule has 146 valence electrons. The van der Waals surface area contributed by atoms with Gasteiger partial charge in [0.15, 0.2) is 0 Å². The van der Waals surface area contributed by atoms with Crippen molar-refractivity contribution in [2.45, 2.75) is 6.92 Å². The van der Waals surface area contributed by atoms with E-state index in [-0.39, 0.29) is 18.4 Å². The molecule has 29 heavy (non-hydrogen) atoms. The van der Waals surface area contributed by atoms with Crippen molar-refractivity contribution in [3.8, 4) is 5.75 Å². The van der Waals surface area contributed by atoms with E-state index in [1.807, 2.05) is 19.1 Å². The predicted octanol–water partition coefficient (Wildman–Crippen LogP) is 3.58. The number of nitrogens with one attached hydrogen (secondary N) is 2. The van der Waals surface area contributed by atoms with Crippen molar-refractivity contribution < 1.29 is 19.1 Å². The molecule has 2 amide bonds. The molecule has 0 aliphatic rings. The lowest BCUT2D eigenvalue weighted by Gasteiger charge is -2.08. The van der Waals surface area contributed by atoms with E-state index in [2.05, 4.69) is 10.6 Å². The summed E-state index contributed by atoms with van der Waals surface area (Å²) in [5.41, 5.74) is 2.61. The Balaban J connectivity index is 1.50. The molecule has 3 aromatic rings. The minimum absolute atomic E-state index is 0.220. The number of aryl methyl sites for hydroxylation is 1. The Labute approximate surface area is 168 Å². The number of ether oxygens (including phenoxy) is 1. The molecule has 2 N–H and O–H groups in total. The van der Waals surface area contributed by atoms with Crippen LogP contribution in [0.2, 0.25) is 0 Å². The minimum Gasteiger partial charge on any atom is -0.425 e. The Bertz CT molecular complexity index is 1010. The van der Waals surface area contributed by atoms with Gasteiger partial charge in [-0.3, -0.25) is 9.59 Å². The molecule has 0 heterocycles. The van der Waals surface area contributed by atoms with E-state index in [9.17, 15) is 14.4 Å². The van der Waals surface area contributed by atoms with Crippen LogP contribution in [0.15, 0.2) is 78.9 Å². The third-order valence-electron chi connectivity index (χ3n) is 4.05. The van der Waals surface area contributed by atoms with Crippen molar-refractivity contribution in [1.29, 1.82) is 0 Å². The Morgan fingerprint density at radius 3 is 2.17 bits per heavy atom. The monoisotopic (exact) mass is 388 g/mol. The molecular formula is C23H20N2O4. The zero-order chi connectivity index (χ0) is 20.6. The van der Waals surface area contributed by atoms with Gasteiger partial charge < -0.3 is 15.4 Å². The maximum Gasteiger partial charge on any atom is 0.330 e. The van der Waals surface area contributed by atoms with Crippen LogP contribution in [0.4, 0.5) is 5.69 Å². The quantitative estimate of drug-likeness (QED) is 0.499. The smallest absolute Gasteiger partial charge is 0.330 e. The lowest BCUT2D eigenvalue weighted by atomic mass is 10.1. The average Bonchev–Trinajstić information content (AvgIpc) is 2.74. The Hall–Kier alpha value is -3.93. The molecule has 0 radical (unpaired) electrons. The van der Waals surface area contributed by atoms with Crippen molar-refractivity contribution in [3.05, 3.63) is 95.6 Å². The summed E-state index contributed by atoms with van der Waals surface area (Å²) < 4.78 is 5.19. The standard InChI is InChI=1S/C23H20N2O4/c1-16-6-5-9-18(14-16)23(28)25-19-10-12-20(13-11-19)29-21(26)15-24-22(27)17-7-3-2-4-8-17/h2-14H,15H2,1H3,(H,24,27)(H,25,28). The SMILES string of the molecule is Cc1cccc(C(=O)Nc2ccc(OC(=O)CNC(=O)c3ccccc3)cc2)c1. The Morgan fingerprint density at radius 2 is 1.48 bits per heavy atom. The maximum absolute atomic E-state index is 12.3. The number of anilines is 1. The first-order valence-electron chi connectivity index (χ1n) is 9.03. The number of benzene rings is 3. The highest BCUT2D eigenvalue weighted by Gasteiger charge is 2.10. The fraction of sp³-hybridized carbons (Fsp3) is 0.0870. The summed E-state index contributed by atoms with van der Waals surface area (Å²) in [4.78, 5) is 36.1. The van der Waals surface area contributed by atoms with Gasteiger partial charge in [-0.25, -0.2) is 4.79 Å². The Morgan fingerprint density at radius 1 is 0.793 bits per heavy atom. The van der Waals surface area contributed by atoms with Gasteiger partial charge in [0.1, 0.15) is 12.3 Å². The van der Waals surface area contributed by atoms with Crippen molar-refractivity contribution in [2.75, 3.05) is 11.9 Å². The zero-order valence-electron chi connectivity index (χ0n) is 15.8. The normalized spacial score (nSPS) is 10.1. The lowest BCUT2D eigenvalue weighted by molar-refractivity contribution is -0.133. The predicted molar refractivity (Wildman–Crippen MR) is 110 cm³/mol. The summed E-state index contributed by atoms with van der Waals surface area (Å²) >= 11 is 0. The van der Waals surface area contributed by atoms with Gasteiger partial charge in [-0.1, -0.05) is 35.9 Å². The van der Waals surface area contributed by atoms with E-state index in [0.29, 0.717) is 22.6 Å². The molecule has 0 aliphatic heterocycles. The molecule has 0 aromatic heterocycles. The first-order valence-corrected chi connectivity index (χ1v) is 9.03. The van der Waals surface area contributed by atoms with Gasteiger partial charge in [-0.15, -0.1) is 0 Å².